The van der Waals surface area contributed by atoms with Gasteiger partial charge in [0.05, 0.1) is 11.1 Å². The van der Waals surface area contributed by atoms with Gasteiger partial charge in [0.1, 0.15) is 0 Å². The van der Waals surface area contributed by atoms with Gasteiger partial charge < -0.3 is 5.11 Å². The van der Waals surface area contributed by atoms with Gasteiger partial charge in [-0.05, 0) is 43.0 Å². The second-order valence-electron chi connectivity index (χ2n) is 5.88. The maximum atomic E-state index is 10.3. The van der Waals surface area contributed by atoms with Crippen LogP contribution in [-0.2, 0) is 6.54 Å². The second-order valence-corrected chi connectivity index (χ2v) is 5.88. The highest BCUT2D eigenvalue weighted by molar-refractivity contribution is 5.78. The summed E-state index contributed by atoms with van der Waals surface area (Å²) < 4.78 is 0. The van der Waals surface area contributed by atoms with Gasteiger partial charge in [-0.1, -0.05) is 19.1 Å². The van der Waals surface area contributed by atoms with Crippen molar-refractivity contribution in [2.24, 2.45) is 0 Å². The van der Waals surface area contributed by atoms with E-state index in [9.17, 15) is 5.11 Å². The van der Waals surface area contributed by atoms with Crippen LogP contribution in [0, 0.1) is 0 Å². The third-order valence-electron chi connectivity index (χ3n) is 4.52. The molecule has 0 saturated carbocycles. The molecule has 0 bridgehead atoms. The van der Waals surface area contributed by atoms with Crippen LogP contribution in [-0.4, -0.2) is 33.7 Å². The number of rotatable bonds is 3. The first-order valence-corrected chi connectivity index (χ1v) is 7.47. The molecule has 1 aromatic heterocycles. The Labute approximate surface area is 120 Å². The maximum absolute atomic E-state index is 10.3. The molecule has 1 N–H and O–H groups in total. The summed E-state index contributed by atoms with van der Waals surface area (Å²) in [6.45, 7) is 5.00. The van der Waals surface area contributed by atoms with Crippen LogP contribution in [0.4, 0.5) is 0 Å². The van der Waals surface area contributed by atoms with Crippen molar-refractivity contribution in [3.05, 3.63) is 42.1 Å². The van der Waals surface area contributed by atoms with Crippen molar-refractivity contribution in [1.29, 1.82) is 0 Å². The van der Waals surface area contributed by atoms with Crippen LogP contribution in [0.2, 0.25) is 0 Å². The lowest BCUT2D eigenvalue weighted by atomic mass is 9.89. The Morgan fingerprint density at radius 3 is 2.80 bits per heavy atom. The van der Waals surface area contributed by atoms with E-state index in [2.05, 4.69) is 41.1 Å². The van der Waals surface area contributed by atoms with E-state index in [1.807, 2.05) is 12.3 Å². The monoisotopic (exact) mass is 270 g/mol. The van der Waals surface area contributed by atoms with Gasteiger partial charge in [-0.3, -0.25) is 9.88 Å². The van der Waals surface area contributed by atoms with Crippen molar-refractivity contribution >= 4 is 10.9 Å². The van der Waals surface area contributed by atoms with E-state index in [4.69, 9.17) is 0 Å². The SMILES string of the molecule is CCC1(O)CCN(Cc2ccc3ncccc3c2)CC1. The van der Waals surface area contributed by atoms with Gasteiger partial charge in [-0.25, -0.2) is 0 Å². The quantitative estimate of drug-likeness (QED) is 0.931. The molecule has 1 aliphatic heterocycles. The molecule has 0 amide bonds. The molecule has 3 rings (SSSR count). The Morgan fingerprint density at radius 1 is 1.25 bits per heavy atom. The summed E-state index contributed by atoms with van der Waals surface area (Å²) in [5.74, 6) is 0. The first-order chi connectivity index (χ1) is 9.68. The van der Waals surface area contributed by atoms with Crippen molar-refractivity contribution in [1.82, 2.24) is 9.88 Å². The summed E-state index contributed by atoms with van der Waals surface area (Å²) in [5.41, 5.74) is 1.95. The van der Waals surface area contributed by atoms with Gasteiger partial charge in [0.15, 0.2) is 0 Å². The lowest BCUT2D eigenvalue weighted by molar-refractivity contribution is -0.0256. The number of likely N-dealkylation sites (tertiary alicyclic amines) is 1. The third kappa shape index (κ3) is 2.84. The number of benzene rings is 1. The molecule has 3 heteroatoms. The van der Waals surface area contributed by atoms with Crippen molar-refractivity contribution < 1.29 is 5.11 Å². The zero-order chi connectivity index (χ0) is 14.0. The van der Waals surface area contributed by atoms with Crippen LogP contribution < -0.4 is 0 Å². The number of aromatic nitrogens is 1. The van der Waals surface area contributed by atoms with Gasteiger partial charge in [-0.2, -0.15) is 0 Å². The zero-order valence-electron chi connectivity index (χ0n) is 12.0. The highest BCUT2D eigenvalue weighted by atomic mass is 16.3. The minimum absolute atomic E-state index is 0.427. The Balaban J connectivity index is 1.68. The highest BCUT2D eigenvalue weighted by Gasteiger charge is 2.30. The van der Waals surface area contributed by atoms with Crippen LogP contribution in [0.5, 0.6) is 0 Å². The van der Waals surface area contributed by atoms with Crippen molar-refractivity contribution in [2.45, 2.75) is 38.3 Å². The molecule has 1 saturated heterocycles. The highest BCUT2D eigenvalue weighted by Crippen LogP contribution is 2.26. The molecule has 20 heavy (non-hydrogen) atoms. The third-order valence-corrected chi connectivity index (χ3v) is 4.52. The van der Waals surface area contributed by atoms with Gasteiger partial charge in [0.25, 0.3) is 0 Å². The zero-order valence-corrected chi connectivity index (χ0v) is 12.0. The number of fused-ring (bicyclic) bond motifs is 1. The minimum Gasteiger partial charge on any atom is -0.390 e. The Hall–Kier alpha value is -1.45. The van der Waals surface area contributed by atoms with E-state index in [-0.39, 0.29) is 0 Å². The first kappa shape index (κ1) is 13.5. The van der Waals surface area contributed by atoms with Crippen molar-refractivity contribution in [2.75, 3.05) is 13.1 Å². The summed E-state index contributed by atoms with van der Waals surface area (Å²) in [4.78, 5) is 6.78. The number of hydrogen-bond acceptors (Lipinski definition) is 3. The molecule has 0 spiro atoms. The normalized spacial score (nSPS) is 19.3. The number of nitrogens with zero attached hydrogens (tertiary/aromatic N) is 2. The molecule has 0 unspecified atom stereocenters. The molecule has 0 radical (unpaired) electrons. The lowest BCUT2D eigenvalue weighted by Crippen LogP contribution is -2.43. The van der Waals surface area contributed by atoms with Crippen LogP contribution in [0.1, 0.15) is 31.7 Å². The summed E-state index contributed by atoms with van der Waals surface area (Å²) in [5, 5.41) is 11.5. The summed E-state index contributed by atoms with van der Waals surface area (Å²) in [7, 11) is 0. The minimum atomic E-state index is -0.427. The molecule has 1 aliphatic rings. The lowest BCUT2D eigenvalue weighted by Gasteiger charge is -2.37. The smallest absolute Gasteiger partial charge is 0.0702 e. The molecular weight excluding hydrogens is 248 g/mol. The standard InChI is InChI=1S/C17H22N2O/c1-2-17(20)7-10-19(11-8-17)13-14-5-6-16-15(12-14)4-3-9-18-16/h3-6,9,12,20H,2,7-8,10-11,13H2,1H3. The number of pyridine rings is 1. The predicted octanol–water partition coefficient (Wildman–Crippen LogP) is 2.97. The van der Waals surface area contributed by atoms with Crippen LogP contribution in [0.15, 0.2) is 36.5 Å². The second kappa shape index (κ2) is 5.51. The predicted molar refractivity (Wildman–Crippen MR) is 81.5 cm³/mol. The van der Waals surface area contributed by atoms with Crippen molar-refractivity contribution in [3.8, 4) is 0 Å². The molecule has 1 aromatic carbocycles. The Kier molecular flexibility index (Phi) is 3.72. The van der Waals surface area contributed by atoms with E-state index in [1.165, 1.54) is 10.9 Å². The van der Waals surface area contributed by atoms with Gasteiger partial charge in [0, 0.05) is 31.2 Å². The molecule has 106 valence electrons. The molecule has 0 aliphatic carbocycles. The van der Waals surface area contributed by atoms with E-state index < -0.39 is 5.60 Å². The average molecular weight is 270 g/mol. The number of hydrogen-bond donors (Lipinski definition) is 1. The molecule has 2 aromatic rings. The molecule has 1 fully saturated rings. The first-order valence-electron chi connectivity index (χ1n) is 7.47. The topological polar surface area (TPSA) is 36.4 Å². The van der Waals surface area contributed by atoms with E-state index in [0.29, 0.717) is 0 Å². The van der Waals surface area contributed by atoms with Crippen LogP contribution >= 0.6 is 0 Å². The van der Waals surface area contributed by atoms with Gasteiger partial charge in [0.2, 0.25) is 0 Å². The summed E-state index contributed by atoms with van der Waals surface area (Å²) in [6, 6.07) is 10.6. The van der Waals surface area contributed by atoms with E-state index in [1.54, 1.807) is 0 Å². The number of aliphatic hydroxyl groups is 1. The molecular formula is C17H22N2O. The average Bonchev–Trinajstić information content (AvgIpc) is 2.50. The fraction of sp³-hybridized carbons (Fsp3) is 0.471. The van der Waals surface area contributed by atoms with E-state index >= 15 is 0 Å². The van der Waals surface area contributed by atoms with E-state index in [0.717, 1.165) is 44.4 Å². The van der Waals surface area contributed by atoms with Gasteiger partial charge >= 0.3 is 0 Å². The van der Waals surface area contributed by atoms with Crippen LogP contribution in [0.25, 0.3) is 10.9 Å². The maximum Gasteiger partial charge on any atom is 0.0702 e. The van der Waals surface area contributed by atoms with Gasteiger partial charge in [-0.15, -0.1) is 0 Å². The largest absolute Gasteiger partial charge is 0.390 e. The fourth-order valence-electron chi connectivity index (χ4n) is 2.96. The Bertz CT molecular complexity index is 588. The Morgan fingerprint density at radius 2 is 2.05 bits per heavy atom. The van der Waals surface area contributed by atoms with Crippen LogP contribution in [0.3, 0.4) is 0 Å². The number of piperidine rings is 1. The summed E-state index contributed by atoms with van der Waals surface area (Å²) in [6.07, 6.45) is 4.47. The molecule has 3 nitrogen and oxygen atoms in total. The fourth-order valence-corrected chi connectivity index (χ4v) is 2.96. The summed E-state index contributed by atoms with van der Waals surface area (Å²) >= 11 is 0. The van der Waals surface area contributed by atoms with Crippen molar-refractivity contribution in [3.63, 3.8) is 0 Å². The molecule has 2 heterocycles. The molecule has 0 atom stereocenters.